The number of carbonyl (C=O) groups is 1. The number of aliphatic hydroxyl groups excluding tert-OH is 2. The van der Waals surface area contributed by atoms with Crippen LogP contribution in [0.15, 0.2) is 0 Å². The normalized spacial score (nSPS) is 10.5. The first-order valence-electron chi connectivity index (χ1n) is 9.99. The predicted molar refractivity (Wildman–Crippen MR) is 108 cm³/mol. The van der Waals surface area contributed by atoms with Crippen LogP contribution in [0.3, 0.4) is 0 Å². The van der Waals surface area contributed by atoms with Crippen LogP contribution in [0.25, 0.3) is 0 Å². The van der Waals surface area contributed by atoms with Gasteiger partial charge in [0, 0.05) is 14.0 Å². The van der Waals surface area contributed by atoms with E-state index in [0.29, 0.717) is 85.9 Å². The first-order valence-corrected chi connectivity index (χ1v) is 9.99. The number of esters is 1. The summed E-state index contributed by atoms with van der Waals surface area (Å²) in [5.74, 6) is -0.293. The summed E-state index contributed by atoms with van der Waals surface area (Å²) < 4.78 is 40.1. The molecule has 0 aromatic heterocycles. The monoisotopic (exact) mass is 444 g/mol. The van der Waals surface area contributed by atoms with Gasteiger partial charge in [0.2, 0.25) is 0 Å². The first kappa shape index (κ1) is 31.3. The Morgan fingerprint density at radius 3 is 1.13 bits per heavy atom. The molecule has 2 N–H and O–H groups in total. The van der Waals surface area contributed by atoms with Gasteiger partial charge in [0.1, 0.15) is 6.61 Å². The quantitative estimate of drug-likeness (QED) is 0.162. The van der Waals surface area contributed by atoms with Crippen molar-refractivity contribution in [2.45, 2.75) is 6.92 Å². The number of hydrogen-bond donors (Lipinski definition) is 2. The molecule has 0 amide bonds. The van der Waals surface area contributed by atoms with E-state index in [-0.39, 0.29) is 25.8 Å². The lowest BCUT2D eigenvalue weighted by Gasteiger charge is -2.06. The molecular weight excluding hydrogens is 404 g/mol. The van der Waals surface area contributed by atoms with Crippen molar-refractivity contribution in [2.24, 2.45) is 0 Å². The van der Waals surface area contributed by atoms with Gasteiger partial charge in [-0.1, -0.05) is 0 Å². The highest BCUT2D eigenvalue weighted by molar-refractivity contribution is 5.65. The molecule has 182 valence electrons. The SMILES string of the molecule is COCCOCCOCCOCCOC(C)=O.OCCOCCOCCOCCO. The smallest absolute Gasteiger partial charge is 0.302 e. The number of carbonyl (C=O) groups excluding carboxylic acids is 1. The van der Waals surface area contributed by atoms with Crippen LogP contribution < -0.4 is 0 Å². The molecule has 0 bridgehead atoms. The summed E-state index contributed by atoms with van der Waals surface area (Å²) in [5, 5.41) is 16.7. The molecule has 0 saturated heterocycles. The number of aliphatic hydroxyl groups is 2. The van der Waals surface area contributed by atoms with Crippen LogP contribution in [0.1, 0.15) is 6.92 Å². The van der Waals surface area contributed by atoms with Crippen molar-refractivity contribution in [3.05, 3.63) is 0 Å². The van der Waals surface area contributed by atoms with Gasteiger partial charge in [0.15, 0.2) is 0 Å². The fraction of sp³-hybridized carbons (Fsp3) is 0.947. The molecular formula is C19H40O11. The number of methoxy groups -OCH3 is 1. The van der Waals surface area contributed by atoms with Crippen LogP contribution in [0.4, 0.5) is 0 Å². The molecule has 0 aromatic rings. The highest BCUT2D eigenvalue weighted by Crippen LogP contribution is 1.83. The van der Waals surface area contributed by atoms with Gasteiger partial charge >= 0.3 is 5.97 Å². The standard InChI is InChI=1S/C11H22O6.C8H18O5/c1-11(12)17-10-9-16-8-7-15-6-5-14-4-3-13-2;9-1-3-11-5-7-13-8-6-12-4-2-10/h3-10H2,1-2H3;9-10H,1-8H2. The van der Waals surface area contributed by atoms with E-state index in [4.69, 9.17) is 43.4 Å². The van der Waals surface area contributed by atoms with Gasteiger partial charge in [-0.2, -0.15) is 0 Å². The molecule has 0 aliphatic heterocycles. The second-order valence-corrected chi connectivity index (χ2v) is 5.45. The van der Waals surface area contributed by atoms with Crippen LogP contribution >= 0.6 is 0 Å². The maximum absolute atomic E-state index is 10.4. The van der Waals surface area contributed by atoms with Crippen LogP contribution in [-0.4, -0.2) is 129 Å². The fourth-order valence-electron chi connectivity index (χ4n) is 1.60. The molecule has 30 heavy (non-hydrogen) atoms. The Hall–Kier alpha value is -0.890. The second kappa shape index (κ2) is 30.3. The lowest BCUT2D eigenvalue weighted by Crippen LogP contribution is -2.13. The summed E-state index contributed by atoms with van der Waals surface area (Å²) in [7, 11) is 1.63. The molecule has 0 unspecified atom stereocenters. The second-order valence-electron chi connectivity index (χ2n) is 5.45. The minimum atomic E-state index is -0.293. The van der Waals surface area contributed by atoms with E-state index in [1.165, 1.54) is 6.92 Å². The first-order chi connectivity index (χ1) is 14.7. The van der Waals surface area contributed by atoms with E-state index >= 15 is 0 Å². The summed E-state index contributed by atoms with van der Waals surface area (Å²) in [4.78, 5) is 10.4. The Morgan fingerprint density at radius 1 is 0.533 bits per heavy atom. The van der Waals surface area contributed by atoms with Gasteiger partial charge in [0.25, 0.3) is 0 Å². The van der Waals surface area contributed by atoms with Gasteiger partial charge in [-0.3, -0.25) is 4.79 Å². The lowest BCUT2D eigenvalue weighted by atomic mass is 10.7. The molecule has 0 aromatic carbocycles. The van der Waals surface area contributed by atoms with Crippen LogP contribution in [-0.2, 0) is 42.7 Å². The Kier molecular flexibility index (Phi) is 31.6. The molecule has 0 heterocycles. The molecule has 0 aliphatic rings. The van der Waals surface area contributed by atoms with E-state index in [1.54, 1.807) is 7.11 Å². The minimum Gasteiger partial charge on any atom is -0.463 e. The van der Waals surface area contributed by atoms with E-state index in [2.05, 4.69) is 4.74 Å². The van der Waals surface area contributed by atoms with E-state index in [1.807, 2.05) is 0 Å². The van der Waals surface area contributed by atoms with E-state index in [0.717, 1.165) is 0 Å². The highest BCUT2D eigenvalue weighted by Gasteiger charge is 1.94. The molecule has 0 spiro atoms. The third kappa shape index (κ3) is 34.6. The van der Waals surface area contributed by atoms with Crippen LogP contribution in [0.2, 0.25) is 0 Å². The van der Waals surface area contributed by atoms with Gasteiger partial charge in [0.05, 0.1) is 99.1 Å². The topological polar surface area (TPSA) is 131 Å². The fourth-order valence-corrected chi connectivity index (χ4v) is 1.60. The Labute approximate surface area is 179 Å². The van der Waals surface area contributed by atoms with Crippen molar-refractivity contribution < 1.29 is 52.9 Å². The Balaban J connectivity index is 0. The van der Waals surface area contributed by atoms with Gasteiger partial charge in [-0.25, -0.2) is 0 Å². The van der Waals surface area contributed by atoms with E-state index < -0.39 is 0 Å². The lowest BCUT2D eigenvalue weighted by molar-refractivity contribution is -0.142. The van der Waals surface area contributed by atoms with Gasteiger partial charge in [-0.15, -0.1) is 0 Å². The van der Waals surface area contributed by atoms with Crippen LogP contribution in [0, 0.1) is 0 Å². The molecule has 0 aliphatic carbocycles. The maximum atomic E-state index is 10.4. The molecule has 11 heteroatoms. The van der Waals surface area contributed by atoms with Crippen molar-refractivity contribution >= 4 is 5.97 Å². The summed E-state index contributed by atoms with van der Waals surface area (Å²) in [6.07, 6.45) is 0. The largest absolute Gasteiger partial charge is 0.463 e. The van der Waals surface area contributed by atoms with Crippen molar-refractivity contribution in [1.82, 2.24) is 0 Å². The van der Waals surface area contributed by atoms with Gasteiger partial charge < -0.3 is 48.1 Å². The maximum Gasteiger partial charge on any atom is 0.302 e. The van der Waals surface area contributed by atoms with Crippen molar-refractivity contribution in [2.75, 3.05) is 113 Å². The molecule has 11 nitrogen and oxygen atoms in total. The average molecular weight is 445 g/mol. The Morgan fingerprint density at radius 2 is 0.833 bits per heavy atom. The molecule has 0 atom stereocenters. The van der Waals surface area contributed by atoms with Crippen molar-refractivity contribution in [3.8, 4) is 0 Å². The third-order valence-electron chi connectivity index (χ3n) is 2.92. The Bertz CT molecular complexity index is 309. The van der Waals surface area contributed by atoms with E-state index in [9.17, 15) is 4.79 Å². The molecule has 0 fully saturated rings. The summed E-state index contributed by atoms with van der Waals surface area (Å²) >= 11 is 0. The number of hydrogen-bond acceptors (Lipinski definition) is 11. The number of ether oxygens (including phenoxy) is 8. The van der Waals surface area contributed by atoms with Crippen molar-refractivity contribution in [3.63, 3.8) is 0 Å². The highest BCUT2D eigenvalue weighted by atomic mass is 16.6. The molecule has 0 rings (SSSR count). The van der Waals surface area contributed by atoms with Gasteiger partial charge in [-0.05, 0) is 0 Å². The summed E-state index contributed by atoms with van der Waals surface area (Å²) in [5.41, 5.74) is 0. The molecule has 0 radical (unpaired) electrons. The van der Waals surface area contributed by atoms with Crippen molar-refractivity contribution in [1.29, 1.82) is 0 Å². The zero-order chi connectivity index (χ0) is 22.5. The zero-order valence-electron chi connectivity index (χ0n) is 18.4. The average Bonchev–Trinajstić information content (AvgIpc) is 2.74. The minimum absolute atomic E-state index is 0.0413. The predicted octanol–water partition coefficient (Wildman–Crippen LogP) is -0.733. The number of rotatable bonds is 22. The molecule has 0 saturated carbocycles. The summed E-state index contributed by atoms with van der Waals surface area (Å²) in [6.45, 7) is 8.08. The third-order valence-corrected chi connectivity index (χ3v) is 2.92. The zero-order valence-corrected chi connectivity index (χ0v) is 18.4. The summed E-state index contributed by atoms with van der Waals surface area (Å²) in [6, 6.07) is 0. The van der Waals surface area contributed by atoms with Crippen LogP contribution in [0.5, 0.6) is 0 Å².